The summed E-state index contributed by atoms with van der Waals surface area (Å²) >= 11 is 0. The van der Waals surface area contributed by atoms with E-state index < -0.39 is 22.9 Å². The molecular formula is C19H18N2O7. The fourth-order valence-corrected chi connectivity index (χ4v) is 2.38. The maximum Gasteiger partial charge on any atom is 0.342 e. The Hall–Kier alpha value is -3.75. The van der Waals surface area contributed by atoms with Crippen LogP contribution in [0.15, 0.2) is 42.5 Å². The zero-order chi connectivity index (χ0) is 20.8. The fourth-order valence-electron chi connectivity index (χ4n) is 2.38. The average molecular weight is 386 g/mol. The van der Waals surface area contributed by atoms with Crippen LogP contribution in [0.2, 0.25) is 0 Å². The Kier molecular flexibility index (Phi) is 6.43. The van der Waals surface area contributed by atoms with Crippen molar-refractivity contribution in [1.82, 2.24) is 0 Å². The summed E-state index contributed by atoms with van der Waals surface area (Å²) in [6.07, 6.45) is -1.23. The van der Waals surface area contributed by atoms with E-state index in [1.807, 2.05) is 0 Å². The molecule has 0 fully saturated rings. The summed E-state index contributed by atoms with van der Waals surface area (Å²) in [6, 6.07) is 9.87. The molecule has 0 heterocycles. The molecule has 2 aromatic rings. The Balaban J connectivity index is 2.16. The molecule has 0 saturated heterocycles. The van der Waals surface area contributed by atoms with Crippen molar-refractivity contribution in [3.63, 3.8) is 0 Å². The minimum atomic E-state index is -1.23. The largest absolute Gasteiger partial charge is 0.496 e. The number of Topliss-reactive ketones (excluding diaryl/α,β-unsaturated/α-hetero) is 1. The van der Waals surface area contributed by atoms with Crippen LogP contribution in [-0.4, -0.2) is 35.8 Å². The van der Waals surface area contributed by atoms with Gasteiger partial charge >= 0.3 is 5.97 Å². The minimum Gasteiger partial charge on any atom is -0.496 e. The van der Waals surface area contributed by atoms with Crippen molar-refractivity contribution in [3.8, 4) is 5.75 Å². The predicted molar refractivity (Wildman–Crippen MR) is 99.6 cm³/mol. The number of methoxy groups -OCH3 is 1. The smallest absolute Gasteiger partial charge is 0.342 e. The molecule has 9 nitrogen and oxygen atoms in total. The first kappa shape index (κ1) is 20.6. The molecule has 0 radical (unpaired) electrons. The molecule has 28 heavy (non-hydrogen) atoms. The number of ether oxygens (including phenoxy) is 2. The van der Waals surface area contributed by atoms with E-state index in [0.717, 1.165) is 6.07 Å². The van der Waals surface area contributed by atoms with Gasteiger partial charge in [0.15, 0.2) is 11.9 Å². The van der Waals surface area contributed by atoms with E-state index in [9.17, 15) is 24.5 Å². The third-order valence-electron chi connectivity index (χ3n) is 3.83. The number of hydrogen-bond acceptors (Lipinski definition) is 7. The van der Waals surface area contributed by atoms with Crippen LogP contribution in [0.5, 0.6) is 5.75 Å². The number of nitro benzene ring substituents is 1. The van der Waals surface area contributed by atoms with Crippen molar-refractivity contribution >= 4 is 29.0 Å². The second-order valence-corrected chi connectivity index (χ2v) is 5.78. The van der Waals surface area contributed by atoms with Crippen LogP contribution < -0.4 is 10.1 Å². The number of rotatable bonds is 7. The van der Waals surface area contributed by atoms with Gasteiger partial charge in [-0.3, -0.25) is 19.7 Å². The molecule has 0 bridgehead atoms. The molecule has 2 aromatic carbocycles. The van der Waals surface area contributed by atoms with Gasteiger partial charge in [-0.05, 0) is 32.0 Å². The highest BCUT2D eigenvalue weighted by Gasteiger charge is 2.24. The zero-order valence-corrected chi connectivity index (χ0v) is 15.4. The van der Waals surface area contributed by atoms with Gasteiger partial charge in [0, 0.05) is 17.7 Å². The Labute approximate surface area is 160 Å². The van der Waals surface area contributed by atoms with E-state index in [4.69, 9.17) is 9.47 Å². The van der Waals surface area contributed by atoms with Crippen molar-refractivity contribution in [3.05, 3.63) is 63.7 Å². The number of carbonyl (C=O) groups excluding carboxylic acids is 3. The third kappa shape index (κ3) is 4.70. The molecule has 0 aliphatic carbocycles. The van der Waals surface area contributed by atoms with Crippen molar-refractivity contribution in [2.45, 2.75) is 20.0 Å². The van der Waals surface area contributed by atoms with Gasteiger partial charge in [-0.15, -0.1) is 0 Å². The summed E-state index contributed by atoms with van der Waals surface area (Å²) in [5.74, 6) is -1.78. The van der Waals surface area contributed by atoms with Crippen LogP contribution in [0.4, 0.5) is 11.4 Å². The Bertz CT molecular complexity index is 940. The lowest BCUT2D eigenvalue weighted by molar-refractivity contribution is -0.384. The Morgan fingerprint density at radius 2 is 1.79 bits per heavy atom. The van der Waals surface area contributed by atoms with Gasteiger partial charge in [0.1, 0.15) is 11.3 Å². The molecule has 0 aliphatic rings. The third-order valence-corrected chi connectivity index (χ3v) is 3.83. The molecule has 1 atom stereocenters. The van der Waals surface area contributed by atoms with Gasteiger partial charge in [0.25, 0.3) is 11.6 Å². The lowest BCUT2D eigenvalue weighted by Gasteiger charge is -2.15. The van der Waals surface area contributed by atoms with Gasteiger partial charge in [-0.2, -0.15) is 0 Å². The van der Waals surface area contributed by atoms with Crippen LogP contribution in [0.1, 0.15) is 34.6 Å². The number of non-ortho nitro benzene ring substituents is 1. The lowest BCUT2D eigenvalue weighted by atomic mass is 10.1. The molecule has 1 unspecified atom stereocenters. The van der Waals surface area contributed by atoms with Crippen molar-refractivity contribution < 1.29 is 28.8 Å². The van der Waals surface area contributed by atoms with Gasteiger partial charge in [-0.25, -0.2) is 4.79 Å². The minimum absolute atomic E-state index is 0.0742. The van der Waals surface area contributed by atoms with Crippen LogP contribution in [0.3, 0.4) is 0 Å². The summed E-state index contributed by atoms with van der Waals surface area (Å²) in [6.45, 7) is 2.70. The second-order valence-electron chi connectivity index (χ2n) is 5.78. The molecule has 1 amide bonds. The number of amides is 1. The highest BCUT2D eigenvalue weighted by atomic mass is 16.6. The molecule has 9 heteroatoms. The first-order valence-electron chi connectivity index (χ1n) is 8.18. The number of para-hydroxylation sites is 1. The maximum absolute atomic E-state index is 12.4. The first-order chi connectivity index (χ1) is 13.2. The van der Waals surface area contributed by atoms with E-state index in [1.54, 1.807) is 24.3 Å². The van der Waals surface area contributed by atoms with Crippen LogP contribution in [0, 0.1) is 10.1 Å². The standard InChI is InChI=1S/C19H18N2O7/c1-11(22)14-6-4-5-7-16(14)20-18(23)12(2)28-19(24)15-10-13(21(25)26)8-9-17(15)27-3/h4-10,12H,1-3H3,(H,20,23). The number of ketones is 1. The monoisotopic (exact) mass is 386 g/mol. The fraction of sp³-hybridized carbons (Fsp3) is 0.211. The normalized spacial score (nSPS) is 11.2. The topological polar surface area (TPSA) is 125 Å². The molecule has 0 aliphatic heterocycles. The summed E-state index contributed by atoms with van der Waals surface area (Å²) in [5.41, 5.74) is 0.103. The van der Waals surface area contributed by atoms with Crippen molar-refractivity contribution in [2.24, 2.45) is 0 Å². The number of nitrogens with one attached hydrogen (secondary N) is 1. The zero-order valence-electron chi connectivity index (χ0n) is 15.4. The molecule has 0 spiro atoms. The SMILES string of the molecule is COc1ccc([N+](=O)[O-])cc1C(=O)OC(C)C(=O)Nc1ccccc1C(C)=O. The van der Waals surface area contributed by atoms with Crippen molar-refractivity contribution in [1.29, 1.82) is 0 Å². The van der Waals surface area contributed by atoms with E-state index in [0.29, 0.717) is 5.56 Å². The molecule has 2 rings (SSSR count). The first-order valence-corrected chi connectivity index (χ1v) is 8.18. The number of nitrogens with zero attached hydrogens (tertiary/aromatic N) is 1. The highest BCUT2D eigenvalue weighted by Crippen LogP contribution is 2.25. The highest BCUT2D eigenvalue weighted by molar-refractivity contribution is 6.05. The summed E-state index contributed by atoms with van der Waals surface area (Å²) in [7, 11) is 1.30. The molecular weight excluding hydrogens is 368 g/mol. The molecule has 0 aromatic heterocycles. The quantitative estimate of drug-likeness (QED) is 0.336. The van der Waals surface area contributed by atoms with Gasteiger partial charge in [0.2, 0.25) is 0 Å². The lowest BCUT2D eigenvalue weighted by Crippen LogP contribution is -2.30. The van der Waals surface area contributed by atoms with Gasteiger partial charge in [-0.1, -0.05) is 12.1 Å². The number of nitro groups is 1. The van der Waals surface area contributed by atoms with E-state index in [-0.39, 0.29) is 28.5 Å². The van der Waals surface area contributed by atoms with E-state index >= 15 is 0 Å². The maximum atomic E-state index is 12.4. The van der Waals surface area contributed by atoms with E-state index in [1.165, 1.54) is 33.1 Å². The second kappa shape index (κ2) is 8.76. The number of carbonyl (C=O) groups is 3. The van der Waals surface area contributed by atoms with Crippen molar-refractivity contribution in [2.75, 3.05) is 12.4 Å². The number of anilines is 1. The summed E-state index contributed by atoms with van der Waals surface area (Å²) < 4.78 is 10.1. The van der Waals surface area contributed by atoms with Crippen LogP contribution in [-0.2, 0) is 9.53 Å². The Morgan fingerprint density at radius 1 is 1.11 bits per heavy atom. The summed E-state index contributed by atoms with van der Waals surface area (Å²) in [4.78, 5) is 46.6. The van der Waals surface area contributed by atoms with Gasteiger partial charge in [0.05, 0.1) is 17.7 Å². The van der Waals surface area contributed by atoms with Gasteiger partial charge < -0.3 is 14.8 Å². The molecule has 1 N–H and O–H groups in total. The number of benzene rings is 2. The average Bonchev–Trinajstić information content (AvgIpc) is 2.67. The molecule has 146 valence electrons. The molecule has 0 saturated carbocycles. The predicted octanol–water partition coefficient (Wildman–Crippen LogP) is 2.99. The Morgan fingerprint density at radius 3 is 2.39 bits per heavy atom. The van der Waals surface area contributed by atoms with Crippen LogP contribution in [0.25, 0.3) is 0 Å². The number of hydrogen-bond donors (Lipinski definition) is 1. The number of esters is 1. The summed E-state index contributed by atoms with van der Waals surface area (Å²) in [5, 5.41) is 13.4. The van der Waals surface area contributed by atoms with E-state index in [2.05, 4.69) is 5.32 Å². The van der Waals surface area contributed by atoms with Crippen LogP contribution >= 0.6 is 0 Å².